The van der Waals surface area contributed by atoms with E-state index < -0.39 is 5.97 Å². The van der Waals surface area contributed by atoms with Gasteiger partial charge >= 0.3 is 5.97 Å². The Morgan fingerprint density at radius 1 is 1.43 bits per heavy atom. The van der Waals surface area contributed by atoms with Gasteiger partial charge in [-0.1, -0.05) is 25.5 Å². The Kier molecular flexibility index (Phi) is 4.96. The molecule has 114 valence electrons. The third kappa shape index (κ3) is 3.42. The third-order valence-electron chi connectivity index (χ3n) is 4.22. The van der Waals surface area contributed by atoms with Crippen LogP contribution in [-0.4, -0.2) is 35.0 Å². The Bertz CT molecular complexity index is 538. The molecular formula is C16H22N2O3. The molecule has 1 atom stereocenters. The summed E-state index contributed by atoms with van der Waals surface area (Å²) in [7, 11) is 0. The zero-order valence-electron chi connectivity index (χ0n) is 12.3. The van der Waals surface area contributed by atoms with Crippen LogP contribution in [0.3, 0.4) is 0 Å². The van der Waals surface area contributed by atoms with Crippen LogP contribution in [0.4, 0.5) is 0 Å². The van der Waals surface area contributed by atoms with Gasteiger partial charge in [0.2, 0.25) is 5.91 Å². The summed E-state index contributed by atoms with van der Waals surface area (Å²) < 4.78 is 0. The minimum absolute atomic E-state index is 0.110. The van der Waals surface area contributed by atoms with E-state index in [1.807, 2.05) is 17.9 Å². The lowest BCUT2D eigenvalue weighted by Crippen LogP contribution is -2.38. The molecule has 21 heavy (non-hydrogen) atoms. The summed E-state index contributed by atoms with van der Waals surface area (Å²) in [4.78, 5) is 25.3. The van der Waals surface area contributed by atoms with Crippen LogP contribution in [0.5, 0.6) is 0 Å². The number of benzene rings is 1. The Morgan fingerprint density at radius 2 is 2.19 bits per heavy atom. The first kappa shape index (κ1) is 15.5. The normalized spacial score (nSPS) is 15.4. The minimum Gasteiger partial charge on any atom is -0.478 e. The van der Waals surface area contributed by atoms with Gasteiger partial charge in [-0.15, -0.1) is 0 Å². The summed E-state index contributed by atoms with van der Waals surface area (Å²) in [6, 6.07) is 5.27. The van der Waals surface area contributed by atoms with Gasteiger partial charge in [-0.25, -0.2) is 4.79 Å². The number of nitrogens with two attached hydrogens (primary N) is 1. The van der Waals surface area contributed by atoms with Crippen LogP contribution in [0, 0.1) is 5.92 Å². The van der Waals surface area contributed by atoms with Gasteiger partial charge in [0.15, 0.2) is 0 Å². The summed E-state index contributed by atoms with van der Waals surface area (Å²) in [5, 5.41) is 9.20. The first-order valence-corrected chi connectivity index (χ1v) is 7.38. The largest absolute Gasteiger partial charge is 0.478 e. The van der Waals surface area contributed by atoms with Gasteiger partial charge in [-0.2, -0.15) is 0 Å². The monoisotopic (exact) mass is 290 g/mol. The molecule has 0 radical (unpaired) electrons. The number of carbonyl (C=O) groups excluding carboxylic acids is 1. The Hall–Kier alpha value is -1.88. The summed E-state index contributed by atoms with van der Waals surface area (Å²) in [5.74, 6) is -0.566. The van der Waals surface area contributed by atoms with E-state index in [2.05, 4.69) is 0 Å². The molecular weight excluding hydrogens is 268 g/mol. The summed E-state index contributed by atoms with van der Waals surface area (Å²) >= 11 is 0. The average molecular weight is 290 g/mol. The first-order chi connectivity index (χ1) is 10.1. The molecule has 1 unspecified atom stereocenters. The molecule has 0 saturated carbocycles. The molecule has 0 bridgehead atoms. The molecule has 1 amide bonds. The van der Waals surface area contributed by atoms with Gasteiger partial charge in [0.05, 0.1) is 5.56 Å². The third-order valence-corrected chi connectivity index (χ3v) is 4.22. The van der Waals surface area contributed by atoms with Gasteiger partial charge in [-0.05, 0) is 36.1 Å². The van der Waals surface area contributed by atoms with Crippen LogP contribution in [0.2, 0.25) is 0 Å². The van der Waals surface area contributed by atoms with E-state index >= 15 is 0 Å². The van der Waals surface area contributed by atoms with Crippen molar-refractivity contribution in [2.45, 2.75) is 32.7 Å². The molecule has 2 rings (SSSR count). The van der Waals surface area contributed by atoms with E-state index in [0.717, 1.165) is 17.5 Å². The number of nitrogens with zero attached hydrogens (tertiary/aromatic N) is 1. The van der Waals surface area contributed by atoms with Crippen molar-refractivity contribution in [3.8, 4) is 0 Å². The molecule has 3 N–H and O–H groups in total. The van der Waals surface area contributed by atoms with Crippen LogP contribution in [0.1, 0.15) is 41.3 Å². The van der Waals surface area contributed by atoms with Gasteiger partial charge in [0, 0.05) is 19.5 Å². The number of hydrogen-bond donors (Lipinski definition) is 2. The van der Waals surface area contributed by atoms with E-state index in [1.165, 1.54) is 0 Å². The zero-order valence-corrected chi connectivity index (χ0v) is 12.3. The van der Waals surface area contributed by atoms with E-state index in [-0.39, 0.29) is 11.8 Å². The van der Waals surface area contributed by atoms with Crippen LogP contribution >= 0.6 is 0 Å². The molecule has 5 nitrogen and oxygen atoms in total. The Balaban J connectivity index is 2.11. The average Bonchev–Trinajstić information content (AvgIpc) is 2.50. The van der Waals surface area contributed by atoms with E-state index in [4.69, 9.17) is 5.73 Å². The number of hydrogen-bond acceptors (Lipinski definition) is 3. The standard InChI is InChI=1S/C16H22N2O3/c1-2-11(9-17)8-15(19)18-7-6-13-12(10-18)4-3-5-14(13)16(20)21/h3-5,11H,2,6-10,17H2,1H3,(H,20,21). The highest BCUT2D eigenvalue weighted by Gasteiger charge is 2.25. The summed E-state index contributed by atoms with van der Waals surface area (Å²) in [6.07, 6.45) is 1.97. The van der Waals surface area contributed by atoms with Gasteiger partial charge in [-0.3, -0.25) is 4.79 Å². The Labute approximate surface area is 124 Å². The molecule has 1 aliphatic rings. The van der Waals surface area contributed by atoms with Crippen molar-refractivity contribution in [1.29, 1.82) is 0 Å². The maximum absolute atomic E-state index is 12.3. The lowest BCUT2D eigenvalue weighted by molar-refractivity contribution is -0.133. The van der Waals surface area contributed by atoms with Crippen molar-refractivity contribution in [3.05, 3.63) is 34.9 Å². The predicted octanol–water partition coefficient (Wildman–Crippen LogP) is 1.64. The Morgan fingerprint density at radius 3 is 2.81 bits per heavy atom. The highest BCUT2D eigenvalue weighted by Crippen LogP contribution is 2.24. The fraction of sp³-hybridized carbons (Fsp3) is 0.500. The van der Waals surface area contributed by atoms with Crippen LogP contribution in [-0.2, 0) is 17.8 Å². The second kappa shape index (κ2) is 6.72. The van der Waals surface area contributed by atoms with Crippen molar-refractivity contribution in [3.63, 3.8) is 0 Å². The van der Waals surface area contributed by atoms with Crippen LogP contribution in [0.25, 0.3) is 0 Å². The molecule has 0 spiro atoms. The number of aromatic carboxylic acids is 1. The smallest absolute Gasteiger partial charge is 0.335 e. The predicted molar refractivity (Wildman–Crippen MR) is 80.0 cm³/mol. The van der Waals surface area contributed by atoms with Crippen LogP contribution in [0.15, 0.2) is 18.2 Å². The maximum atomic E-state index is 12.3. The topological polar surface area (TPSA) is 83.6 Å². The van der Waals surface area contributed by atoms with Gasteiger partial charge in [0.1, 0.15) is 0 Å². The zero-order chi connectivity index (χ0) is 15.4. The molecule has 0 aromatic heterocycles. The maximum Gasteiger partial charge on any atom is 0.335 e. The van der Waals surface area contributed by atoms with E-state index in [1.54, 1.807) is 12.1 Å². The fourth-order valence-electron chi connectivity index (χ4n) is 2.79. The fourth-order valence-corrected chi connectivity index (χ4v) is 2.79. The molecule has 1 aromatic carbocycles. The van der Waals surface area contributed by atoms with E-state index in [0.29, 0.717) is 38.0 Å². The van der Waals surface area contributed by atoms with Crippen molar-refractivity contribution in [2.24, 2.45) is 11.7 Å². The summed E-state index contributed by atoms with van der Waals surface area (Å²) in [5.41, 5.74) is 7.81. The highest BCUT2D eigenvalue weighted by atomic mass is 16.4. The molecule has 5 heteroatoms. The van der Waals surface area contributed by atoms with Crippen molar-refractivity contribution >= 4 is 11.9 Å². The van der Waals surface area contributed by atoms with Gasteiger partial charge in [0.25, 0.3) is 0 Å². The lowest BCUT2D eigenvalue weighted by Gasteiger charge is -2.30. The number of rotatable bonds is 5. The van der Waals surface area contributed by atoms with Gasteiger partial charge < -0.3 is 15.7 Å². The minimum atomic E-state index is -0.902. The van der Waals surface area contributed by atoms with Crippen molar-refractivity contribution in [2.75, 3.05) is 13.1 Å². The van der Waals surface area contributed by atoms with E-state index in [9.17, 15) is 14.7 Å². The number of carboxylic acid groups (broad SMARTS) is 1. The molecule has 0 saturated heterocycles. The second-order valence-corrected chi connectivity index (χ2v) is 5.53. The lowest BCUT2D eigenvalue weighted by atomic mass is 9.93. The number of fused-ring (bicyclic) bond motifs is 1. The van der Waals surface area contributed by atoms with Crippen molar-refractivity contribution in [1.82, 2.24) is 4.90 Å². The van der Waals surface area contributed by atoms with Crippen molar-refractivity contribution < 1.29 is 14.7 Å². The number of amides is 1. The molecule has 1 heterocycles. The molecule has 0 fully saturated rings. The highest BCUT2D eigenvalue weighted by molar-refractivity contribution is 5.90. The first-order valence-electron chi connectivity index (χ1n) is 7.38. The second-order valence-electron chi connectivity index (χ2n) is 5.53. The number of carbonyl (C=O) groups is 2. The quantitative estimate of drug-likeness (QED) is 0.863. The SMILES string of the molecule is CCC(CN)CC(=O)N1CCc2c(cccc2C(=O)O)C1. The number of carboxylic acids is 1. The summed E-state index contributed by atoms with van der Waals surface area (Å²) in [6.45, 7) is 3.64. The van der Waals surface area contributed by atoms with Crippen LogP contribution < -0.4 is 5.73 Å². The molecule has 0 aliphatic carbocycles. The molecule has 1 aliphatic heterocycles. The molecule has 1 aromatic rings.